The molecule has 18 heavy (non-hydrogen) atoms. The van der Waals surface area contributed by atoms with Crippen LogP contribution in [0.5, 0.6) is 0 Å². The summed E-state index contributed by atoms with van der Waals surface area (Å²) in [7, 11) is 0. The van der Waals surface area contributed by atoms with Gasteiger partial charge in [0.2, 0.25) is 5.91 Å². The van der Waals surface area contributed by atoms with E-state index < -0.39 is 0 Å². The molecule has 1 amide bonds. The van der Waals surface area contributed by atoms with Crippen LogP contribution in [0.25, 0.3) is 6.08 Å². The molecule has 0 atom stereocenters. The zero-order chi connectivity index (χ0) is 13.7. The van der Waals surface area contributed by atoms with Gasteiger partial charge in [0.05, 0.1) is 0 Å². The van der Waals surface area contributed by atoms with Crippen LogP contribution in [-0.4, -0.2) is 22.9 Å². The number of carbonyl (C=O) groups excluding carboxylic acids is 1. The van der Waals surface area contributed by atoms with Crippen LogP contribution in [0.15, 0.2) is 30.3 Å². The molecule has 0 fully saturated rings. The number of aryl methyl sites for hydroxylation is 1. The molecule has 0 aromatic heterocycles. The van der Waals surface area contributed by atoms with Gasteiger partial charge >= 0.3 is 0 Å². The van der Waals surface area contributed by atoms with Crippen LogP contribution in [0.3, 0.4) is 0 Å². The average molecular weight is 245 g/mol. The zero-order valence-corrected chi connectivity index (χ0v) is 12.0. The van der Waals surface area contributed by atoms with Crippen molar-refractivity contribution >= 4 is 12.0 Å². The molecule has 98 valence electrons. The summed E-state index contributed by atoms with van der Waals surface area (Å²) < 4.78 is 0. The van der Waals surface area contributed by atoms with E-state index in [1.165, 1.54) is 5.56 Å². The summed E-state index contributed by atoms with van der Waals surface area (Å²) in [5.74, 6) is 0.0700. The predicted octanol–water partition coefficient (Wildman–Crippen LogP) is 3.65. The van der Waals surface area contributed by atoms with Crippen molar-refractivity contribution in [1.29, 1.82) is 0 Å². The smallest absolute Gasteiger partial charge is 0.247 e. The normalized spacial score (nSPS) is 11.5. The molecule has 2 nitrogen and oxygen atoms in total. The number of benzene rings is 1. The van der Waals surface area contributed by atoms with Crippen molar-refractivity contribution in [2.45, 2.75) is 46.7 Å². The highest BCUT2D eigenvalue weighted by Crippen LogP contribution is 2.09. The van der Waals surface area contributed by atoms with Gasteiger partial charge < -0.3 is 4.90 Å². The second-order valence-corrected chi connectivity index (χ2v) is 5.18. The van der Waals surface area contributed by atoms with Crippen molar-refractivity contribution in [2.75, 3.05) is 0 Å². The number of hydrogen-bond donors (Lipinski definition) is 0. The van der Waals surface area contributed by atoms with E-state index in [1.54, 1.807) is 6.08 Å². The quantitative estimate of drug-likeness (QED) is 0.741. The first kappa shape index (κ1) is 14.5. The van der Waals surface area contributed by atoms with E-state index in [0.29, 0.717) is 0 Å². The van der Waals surface area contributed by atoms with Crippen molar-refractivity contribution < 1.29 is 4.79 Å². The number of rotatable bonds is 4. The van der Waals surface area contributed by atoms with Crippen LogP contribution < -0.4 is 0 Å². The molecule has 0 spiro atoms. The minimum absolute atomic E-state index is 0.0700. The Morgan fingerprint density at radius 1 is 1.06 bits per heavy atom. The SMILES string of the molecule is Cc1ccc(/C=C/C(=O)N(C(C)C)C(C)C)cc1. The molecule has 2 heteroatoms. The summed E-state index contributed by atoms with van der Waals surface area (Å²) in [5.41, 5.74) is 2.28. The van der Waals surface area contributed by atoms with Gasteiger partial charge in [0, 0.05) is 18.2 Å². The maximum absolute atomic E-state index is 12.1. The van der Waals surface area contributed by atoms with Gasteiger partial charge in [-0.3, -0.25) is 4.79 Å². The first-order valence-corrected chi connectivity index (χ1v) is 6.49. The number of amides is 1. The van der Waals surface area contributed by atoms with Crippen LogP contribution in [0.2, 0.25) is 0 Å². The van der Waals surface area contributed by atoms with Gasteiger partial charge in [-0.05, 0) is 46.3 Å². The van der Waals surface area contributed by atoms with Gasteiger partial charge in [-0.1, -0.05) is 29.8 Å². The van der Waals surface area contributed by atoms with Crippen LogP contribution >= 0.6 is 0 Å². The Morgan fingerprint density at radius 2 is 1.56 bits per heavy atom. The Hall–Kier alpha value is -1.57. The van der Waals surface area contributed by atoms with Gasteiger partial charge in [0.1, 0.15) is 0 Å². The lowest BCUT2D eigenvalue weighted by molar-refractivity contribution is -0.129. The van der Waals surface area contributed by atoms with Crippen LogP contribution in [0.4, 0.5) is 0 Å². The molecule has 0 aliphatic rings. The molecule has 0 N–H and O–H groups in total. The second kappa shape index (κ2) is 6.39. The summed E-state index contributed by atoms with van der Waals surface area (Å²) in [4.78, 5) is 14.0. The maximum Gasteiger partial charge on any atom is 0.247 e. The van der Waals surface area contributed by atoms with Crippen molar-refractivity contribution in [3.05, 3.63) is 41.5 Å². The minimum Gasteiger partial charge on any atom is -0.334 e. The van der Waals surface area contributed by atoms with Gasteiger partial charge in [0.25, 0.3) is 0 Å². The first-order chi connectivity index (χ1) is 8.41. The summed E-state index contributed by atoms with van der Waals surface area (Å²) >= 11 is 0. The van der Waals surface area contributed by atoms with Crippen molar-refractivity contribution in [3.8, 4) is 0 Å². The zero-order valence-electron chi connectivity index (χ0n) is 12.0. The molecule has 0 heterocycles. The summed E-state index contributed by atoms with van der Waals surface area (Å²) in [6, 6.07) is 8.59. The number of carbonyl (C=O) groups is 1. The molecule has 1 rings (SSSR count). The molecule has 0 aliphatic heterocycles. The number of hydrogen-bond acceptors (Lipinski definition) is 1. The largest absolute Gasteiger partial charge is 0.334 e. The second-order valence-electron chi connectivity index (χ2n) is 5.18. The fourth-order valence-corrected chi connectivity index (χ4v) is 2.04. The Bertz CT molecular complexity index is 407. The lowest BCUT2D eigenvalue weighted by Gasteiger charge is -2.29. The fraction of sp³-hybridized carbons (Fsp3) is 0.438. The summed E-state index contributed by atoms with van der Waals surface area (Å²) in [6.45, 7) is 10.2. The van der Waals surface area contributed by atoms with Crippen molar-refractivity contribution in [2.24, 2.45) is 0 Å². The monoisotopic (exact) mass is 245 g/mol. The molecule has 1 aromatic rings. The highest BCUT2D eigenvalue weighted by Gasteiger charge is 2.17. The van der Waals surface area contributed by atoms with Crippen molar-refractivity contribution in [3.63, 3.8) is 0 Å². The molecular formula is C16H23NO. The van der Waals surface area contributed by atoms with Crippen molar-refractivity contribution in [1.82, 2.24) is 4.90 Å². The Morgan fingerprint density at radius 3 is 2.00 bits per heavy atom. The van der Waals surface area contributed by atoms with Crippen LogP contribution in [0, 0.1) is 6.92 Å². The lowest BCUT2D eigenvalue weighted by Crippen LogP contribution is -2.41. The molecule has 0 bridgehead atoms. The van der Waals surface area contributed by atoms with Crippen LogP contribution in [0.1, 0.15) is 38.8 Å². The average Bonchev–Trinajstić information content (AvgIpc) is 2.27. The molecule has 1 aromatic carbocycles. The highest BCUT2D eigenvalue weighted by atomic mass is 16.2. The van der Waals surface area contributed by atoms with Gasteiger partial charge in [-0.2, -0.15) is 0 Å². The lowest BCUT2D eigenvalue weighted by atomic mass is 10.1. The molecule has 0 saturated heterocycles. The van der Waals surface area contributed by atoms with E-state index in [-0.39, 0.29) is 18.0 Å². The van der Waals surface area contributed by atoms with Gasteiger partial charge in [0.15, 0.2) is 0 Å². The highest BCUT2D eigenvalue weighted by molar-refractivity contribution is 5.92. The van der Waals surface area contributed by atoms with E-state index >= 15 is 0 Å². The standard InChI is InChI=1S/C16H23NO/c1-12(2)17(13(3)4)16(18)11-10-15-8-6-14(5)7-9-15/h6-13H,1-5H3/b11-10+. The molecule has 0 aliphatic carbocycles. The van der Waals surface area contributed by atoms with Gasteiger partial charge in [-0.25, -0.2) is 0 Å². The van der Waals surface area contributed by atoms with Crippen LogP contribution in [-0.2, 0) is 4.79 Å². The molecule has 0 saturated carbocycles. The van der Waals surface area contributed by atoms with E-state index in [1.807, 2.05) is 62.9 Å². The van der Waals surface area contributed by atoms with E-state index in [9.17, 15) is 4.79 Å². The van der Waals surface area contributed by atoms with E-state index in [0.717, 1.165) is 5.56 Å². The predicted molar refractivity (Wildman–Crippen MR) is 77.3 cm³/mol. The third kappa shape index (κ3) is 4.02. The maximum atomic E-state index is 12.1. The minimum atomic E-state index is 0.0700. The Labute approximate surface area is 110 Å². The van der Waals surface area contributed by atoms with E-state index in [2.05, 4.69) is 6.92 Å². The molecular weight excluding hydrogens is 222 g/mol. The van der Waals surface area contributed by atoms with Gasteiger partial charge in [-0.15, -0.1) is 0 Å². The summed E-state index contributed by atoms with van der Waals surface area (Å²) in [5, 5.41) is 0. The first-order valence-electron chi connectivity index (χ1n) is 6.49. The fourth-order valence-electron chi connectivity index (χ4n) is 2.04. The molecule has 0 radical (unpaired) electrons. The molecule has 0 unspecified atom stereocenters. The number of nitrogens with zero attached hydrogens (tertiary/aromatic N) is 1. The third-order valence-electron chi connectivity index (χ3n) is 2.86. The third-order valence-corrected chi connectivity index (χ3v) is 2.86. The van der Waals surface area contributed by atoms with E-state index in [4.69, 9.17) is 0 Å². The Balaban J connectivity index is 2.77. The topological polar surface area (TPSA) is 20.3 Å². The summed E-state index contributed by atoms with van der Waals surface area (Å²) in [6.07, 6.45) is 3.53. The Kier molecular flexibility index (Phi) is 5.14.